The Kier molecular flexibility index (Phi) is 7.98. The van der Waals surface area contributed by atoms with Crippen LogP contribution in [0.2, 0.25) is 0 Å². The number of nitrogens with zero attached hydrogens (tertiary/aromatic N) is 1. The second-order valence-corrected chi connectivity index (χ2v) is 2.84. The third-order valence-corrected chi connectivity index (χ3v) is 1.13. The molecule has 0 aromatic carbocycles. The maximum absolute atomic E-state index is 10.1. The van der Waals surface area contributed by atoms with E-state index in [1.165, 1.54) is 0 Å². The minimum atomic E-state index is -0.782. The summed E-state index contributed by atoms with van der Waals surface area (Å²) in [5.74, 6) is -0.782. The van der Waals surface area contributed by atoms with Crippen molar-refractivity contribution in [1.29, 1.82) is 5.41 Å². The number of likely N-dealkylation sites (N-methyl/N-ethyl adjacent to an activating group) is 1. The Labute approximate surface area is 77.5 Å². The molecule has 0 aliphatic carbocycles. The van der Waals surface area contributed by atoms with E-state index in [0.717, 1.165) is 0 Å². The molecule has 0 aromatic heterocycles. The van der Waals surface area contributed by atoms with Crippen molar-refractivity contribution in [2.24, 2.45) is 5.73 Å². The molecular weight excluding hydrogens is 178 g/mol. The molecule has 12 heavy (non-hydrogen) atoms. The third-order valence-electron chi connectivity index (χ3n) is 1.13. The highest BCUT2D eigenvalue weighted by Gasteiger charge is 2.11. The van der Waals surface area contributed by atoms with Gasteiger partial charge in [-0.25, -0.2) is 0 Å². The fourth-order valence-electron chi connectivity index (χ4n) is 0.221. The van der Waals surface area contributed by atoms with Crippen LogP contribution in [0.1, 0.15) is 6.92 Å². The van der Waals surface area contributed by atoms with Gasteiger partial charge in [-0.05, 0) is 21.0 Å². The molecule has 0 aliphatic heterocycles. The van der Waals surface area contributed by atoms with E-state index >= 15 is 0 Å². The molecule has 0 amide bonds. The second kappa shape index (κ2) is 6.93. The van der Waals surface area contributed by atoms with Gasteiger partial charge in [0.1, 0.15) is 11.2 Å². The maximum atomic E-state index is 10.1. The molecule has 0 saturated carbocycles. The lowest BCUT2D eigenvalue weighted by Crippen LogP contribution is -2.32. The summed E-state index contributed by atoms with van der Waals surface area (Å²) < 4.78 is 0. The molecular formula is C6H15N3O2S. The molecule has 4 N–H and O–H groups in total. The minimum absolute atomic E-state index is 0.139. The number of carbonyl (C=O) groups is 1. The lowest BCUT2D eigenvalue weighted by Gasteiger charge is -2.13. The molecule has 0 aromatic rings. The highest BCUT2D eigenvalue weighted by Crippen LogP contribution is 1.88. The van der Waals surface area contributed by atoms with Gasteiger partial charge in [-0.3, -0.25) is 15.1 Å². The van der Waals surface area contributed by atoms with Crippen molar-refractivity contribution < 1.29 is 9.90 Å². The second-order valence-electron chi connectivity index (χ2n) is 2.36. The smallest absolute Gasteiger partial charge is 0.320 e. The van der Waals surface area contributed by atoms with Gasteiger partial charge in [0.05, 0.1) is 0 Å². The fraction of sp³-hybridized carbons (Fsp3) is 0.667. The van der Waals surface area contributed by atoms with Crippen molar-refractivity contribution in [3.05, 3.63) is 0 Å². The standard InChI is InChI=1S/C5H11NO2.CH4N2S/c1-4(5(7)8)6(2)3;2-1(3)4/h4H,1-3H3,(H,7,8);(H4,2,3,4). The van der Waals surface area contributed by atoms with E-state index in [0.29, 0.717) is 0 Å². The first-order valence-electron chi connectivity index (χ1n) is 3.21. The number of carboxylic acid groups (broad SMARTS) is 1. The quantitative estimate of drug-likeness (QED) is 0.278. The summed E-state index contributed by atoms with van der Waals surface area (Å²) in [7, 11) is 3.47. The van der Waals surface area contributed by atoms with Crippen molar-refractivity contribution in [1.82, 2.24) is 4.90 Å². The van der Waals surface area contributed by atoms with Gasteiger partial charge in [-0.2, -0.15) is 0 Å². The van der Waals surface area contributed by atoms with Gasteiger partial charge in [0.15, 0.2) is 0 Å². The zero-order valence-corrected chi connectivity index (χ0v) is 8.30. The first-order chi connectivity index (χ1) is 5.29. The Morgan fingerprint density at radius 1 is 1.67 bits per heavy atom. The number of amidine groups is 1. The van der Waals surface area contributed by atoms with Gasteiger partial charge in [-0.1, -0.05) is 0 Å². The normalized spacial score (nSPS) is 11.4. The number of hydrogen-bond donors (Lipinski definition) is 4. The summed E-state index contributed by atoms with van der Waals surface area (Å²) in [6.07, 6.45) is 0. The number of carboxylic acids is 1. The Balaban J connectivity index is 0. The fourth-order valence-corrected chi connectivity index (χ4v) is 0.221. The molecule has 0 fully saturated rings. The van der Waals surface area contributed by atoms with Crippen LogP contribution in [0.5, 0.6) is 0 Å². The molecule has 5 nitrogen and oxygen atoms in total. The summed E-state index contributed by atoms with van der Waals surface area (Å²) in [5.41, 5.74) is 4.56. The molecule has 6 heteroatoms. The number of hydrogen-bond acceptors (Lipinski definition) is 3. The Bertz CT molecular complexity index is 157. The number of nitrogens with two attached hydrogens (primary N) is 1. The monoisotopic (exact) mass is 193 g/mol. The summed E-state index contributed by atoms with van der Waals surface area (Å²) in [4.78, 5) is 11.7. The van der Waals surface area contributed by atoms with Gasteiger partial charge in [0.25, 0.3) is 0 Å². The summed E-state index contributed by atoms with van der Waals surface area (Å²) in [6.45, 7) is 1.64. The van der Waals surface area contributed by atoms with Gasteiger partial charge in [0, 0.05) is 0 Å². The summed E-state index contributed by atoms with van der Waals surface area (Å²) in [5, 5.41) is 14.3. The number of thiol groups is 1. The molecule has 0 heterocycles. The van der Waals surface area contributed by atoms with Crippen LogP contribution in [0, 0.1) is 5.41 Å². The third kappa shape index (κ3) is 12.0. The molecule has 1 atom stereocenters. The molecule has 0 aliphatic rings. The van der Waals surface area contributed by atoms with Crippen LogP contribution in [0.25, 0.3) is 0 Å². The molecule has 0 radical (unpaired) electrons. The van der Waals surface area contributed by atoms with Gasteiger partial charge >= 0.3 is 5.97 Å². The summed E-state index contributed by atoms with van der Waals surface area (Å²) in [6, 6.07) is -0.380. The van der Waals surface area contributed by atoms with E-state index in [1.54, 1.807) is 25.9 Å². The van der Waals surface area contributed by atoms with Gasteiger partial charge < -0.3 is 10.8 Å². The predicted molar refractivity (Wildman–Crippen MR) is 51.7 cm³/mol. The van der Waals surface area contributed by atoms with Crippen LogP contribution in [0.4, 0.5) is 0 Å². The van der Waals surface area contributed by atoms with E-state index in [1.807, 2.05) is 0 Å². The van der Waals surface area contributed by atoms with E-state index in [9.17, 15) is 4.79 Å². The average molecular weight is 193 g/mol. The molecule has 1 unspecified atom stereocenters. The van der Waals surface area contributed by atoms with E-state index in [-0.39, 0.29) is 11.2 Å². The molecule has 0 rings (SSSR count). The van der Waals surface area contributed by atoms with Crippen molar-refractivity contribution in [2.75, 3.05) is 14.1 Å². The van der Waals surface area contributed by atoms with E-state index in [2.05, 4.69) is 18.4 Å². The van der Waals surface area contributed by atoms with Crippen LogP contribution in [0.15, 0.2) is 0 Å². The van der Waals surface area contributed by atoms with Crippen LogP contribution >= 0.6 is 12.6 Å². The molecule has 0 bridgehead atoms. The number of nitrogens with one attached hydrogen (secondary N) is 1. The van der Waals surface area contributed by atoms with Crippen LogP contribution < -0.4 is 5.73 Å². The highest BCUT2D eigenvalue weighted by atomic mass is 32.1. The maximum Gasteiger partial charge on any atom is 0.320 e. The van der Waals surface area contributed by atoms with Crippen molar-refractivity contribution in [2.45, 2.75) is 13.0 Å². The first-order valence-corrected chi connectivity index (χ1v) is 3.66. The van der Waals surface area contributed by atoms with Crippen molar-refractivity contribution in [3.8, 4) is 0 Å². The van der Waals surface area contributed by atoms with Crippen LogP contribution in [0.3, 0.4) is 0 Å². The number of rotatable bonds is 2. The average Bonchev–Trinajstić information content (AvgIpc) is 1.84. The highest BCUT2D eigenvalue weighted by molar-refractivity contribution is 7.96. The Hall–Kier alpha value is -0.750. The van der Waals surface area contributed by atoms with E-state index in [4.69, 9.17) is 10.5 Å². The minimum Gasteiger partial charge on any atom is -0.480 e. The lowest BCUT2D eigenvalue weighted by molar-refractivity contribution is -0.141. The largest absolute Gasteiger partial charge is 0.480 e. The predicted octanol–water partition coefficient (Wildman–Crippen LogP) is -0.169. The zero-order chi connectivity index (χ0) is 10.3. The topological polar surface area (TPSA) is 90.4 Å². The SMILES string of the molecule is CC(C(=O)O)N(C)C.N=C(N)S. The molecule has 0 saturated heterocycles. The van der Waals surface area contributed by atoms with Crippen molar-refractivity contribution in [3.63, 3.8) is 0 Å². The van der Waals surface area contributed by atoms with E-state index < -0.39 is 5.97 Å². The van der Waals surface area contributed by atoms with Gasteiger partial charge in [-0.15, -0.1) is 12.6 Å². The molecule has 0 spiro atoms. The summed E-state index contributed by atoms with van der Waals surface area (Å²) >= 11 is 3.33. The number of aliphatic carboxylic acids is 1. The van der Waals surface area contributed by atoms with Crippen LogP contribution in [-0.2, 0) is 4.79 Å². The van der Waals surface area contributed by atoms with Gasteiger partial charge in [0.2, 0.25) is 0 Å². The first kappa shape index (κ1) is 13.8. The van der Waals surface area contributed by atoms with Crippen LogP contribution in [-0.4, -0.2) is 41.3 Å². The Morgan fingerprint density at radius 2 is 1.92 bits per heavy atom. The zero-order valence-electron chi connectivity index (χ0n) is 7.40. The molecule has 72 valence electrons. The Morgan fingerprint density at radius 3 is 1.92 bits per heavy atom. The van der Waals surface area contributed by atoms with Crippen molar-refractivity contribution >= 4 is 23.8 Å². The lowest BCUT2D eigenvalue weighted by atomic mass is 10.3.